The van der Waals surface area contributed by atoms with Crippen LogP contribution < -0.4 is 5.43 Å². The molecule has 2 aromatic heterocycles. The number of halogens is 1. The third-order valence-corrected chi connectivity index (χ3v) is 4.36. The Hall–Kier alpha value is -3.32. The van der Waals surface area contributed by atoms with Gasteiger partial charge in [-0.1, -0.05) is 41.1 Å². The molecule has 27 heavy (non-hydrogen) atoms. The molecule has 4 aromatic rings. The van der Waals surface area contributed by atoms with Crippen LogP contribution in [0.5, 0.6) is 0 Å². The molecule has 4 rings (SSSR count). The first kappa shape index (κ1) is 17.1. The molecular weight excluding hydrogens is 364 g/mol. The molecule has 1 N–H and O–H groups in total. The van der Waals surface area contributed by atoms with Crippen molar-refractivity contribution in [2.45, 2.75) is 13.5 Å². The Kier molecular flexibility index (Phi) is 4.52. The molecule has 2 aromatic carbocycles. The zero-order chi connectivity index (χ0) is 18.8. The van der Waals surface area contributed by atoms with Gasteiger partial charge in [-0.3, -0.25) is 4.79 Å². The number of carbonyl (C=O) groups excluding carboxylic acids is 1. The van der Waals surface area contributed by atoms with E-state index in [1.165, 1.54) is 10.9 Å². The van der Waals surface area contributed by atoms with E-state index in [1.54, 1.807) is 0 Å². The summed E-state index contributed by atoms with van der Waals surface area (Å²) < 4.78 is 1.52. The van der Waals surface area contributed by atoms with E-state index in [1.807, 2.05) is 55.5 Å². The Bertz CT molecular complexity index is 1180. The van der Waals surface area contributed by atoms with Gasteiger partial charge in [0.1, 0.15) is 17.2 Å². The summed E-state index contributed by atoms with van der Waals surface area (Å²) in [6, 6.07) is 15.3. The van der Waals surface area contributed by atoms with Crippen LogP contribution in [-0.2, 0) is 11.3 Å². The second-order valence-corrected chi connectivity index (χ2v) is 6.45. The minimum absolute atomic E-state index is 0.0147. The number of benzene rings is 2. The summed E-state index contributed by atoms with van der Waals surface area (Å²) in [5.41, 5.74) is 6.55. The quantitative estimate of drug-likeness (QED) is 0.336. The van der Waals surface area contributed by atoms with E-state index in [4.69, 9.17) is 11.6 Å². The van der Waals surface area contributed by atoms with Crippen LogP contribution in [0.4, 0.5) is 0 Å². The van der Waals surface area contributed by atoms with Crippen molar-refractivity contribution in [2.75, 3.05) is 0 Å². The van der Waals surface area contributed by atoms with E-state index in [9.17, 15) is 4.79 Å². The van der Waals surface area contributed by atoms with Gasteiger partial charge in [0.15, 0.2) is 0 Å². The molecule has 0 aliphatic rings. The third kappa shape index (κ3) is 3.63. The number of hydrogen-bond donors (Lipinski definition) is 1. The van der Waals surface area contributed by atoms with Gasteiger partial charge in [-0.15, -0.1) is 5.10 Å². The van der Waals surface area contributed by atoms with Crippen molar-refractivity contribution in [2.24, 2.45) is 5.10 Å². The van der Waals surface area contributed by atoms with E-state index >= 15 is 0 Å². The second kappa shape index (κ2) is 7.13. The highest BCUT2D eigenvalue weighted by molar-refractivity contribution is 6.32. The maximum absolute atomic E-state index is 12.1. The lowest BCUT2D eigenvalue weighted by Gasteiger charge is -2.04. The number of pyridine rings is 1. The number of hydrazone groups is 1. The fourth-order valence-electron chi connectivity index (χ4n) is 2.74. The van der Waals surface area contributed by atoms with Crippen molar-refractivity contribution in [3.05, 3.63) is 64.8 Å². The highest BCUT2D eigenvalue weighted by atomic mass is 35.5. The second-order valence-electron chi connectivity index (χ2n) is 6.09. The molecule has 0 aliphatic heterocycles. The Labute approximate surface area is 159 Å². The minimum Gasteiger partial charge on any atom is -0.271 e. The highest BCUT2D eigenvalue weighted by Gasteiger charge is 2.08. The number of carbonyl (C=O) groups is 1. The summed E-state index contributed by atoms with van der Waals surface area (Å²) in [4.78, 5) is 16.5. The van der Waals surface area contributed by atoms with Gasteiger partial charge in [0, 0.05) is 10.9 Å². The smallest absolute Gasteiger partial charge is 0.261 e. The number of nitrogens with zero attached hydrogens (tertiary/aromatic N) is 5. The van der Waals surface area contributed by atoms with Gasteiger partial charge in [-0.05, 0) is 36.8 Å². The van der Waals surface area contributed by atoms with E-state index in [0.29, 0.717) is 10.7 Å². The van der Waals surface area contributed by atoms with Gasteiger partial charge in [-0.2, -0.15) is 5.10 Å². The first-order chi connectivity index (χ1) is 13.1. The number of hydrogen-bond acceptors (Lipinski definition) is 5. The predicted molar refractivity (Wildman–Crippen MR) is 105 cm³/mol. The monoisotopic (exact) mass is 378 g/mol. The van der Waals surface area contributed by atoms with Crippen LogP contribution in [0.25, 0.3) is 21.9 Å². The summed E-state index contributed by atoms with van der Waals surface area (Å²) >= 11 is 6.21. The van der Waals surface area contributed by atoms with Crippen LogP contribution in [0.15, 0.2) is 53.6 Å². The van der Waals surface area contributed by atoms with Crippen molar-refractivity contribution in [1.29, 1.82) is 0 Å². The van der Waals surface area contributed by atoms with Crippen molar-refractivity contribution < 1.29 is 4.79 Å². The van der Waals surface area contributed by atoms with Crippen molar-refractivity contribution in [3.8, 4) is 0 Å². The average Bonchev–Trinajstić information content (AvgIpc) is 3.05. The van der Waals surface area contributed by atoms with Crippen LogP contribution in [0.1, 0.15) is 11.1 Å². The third-order valence-electron chi connectivity index (χ3n) is 4.06. The summed E-state index contributed by atoms with van der Waals surface area (Å²) in [7, 11) is 0. The highest BCUT2D eigenvalue weighted by Crippen LogP contribution is 2.20. The summed E-state index contributed by atoms with van der Waals surface area (Å²) in [5.74, 6) is -0.317. The van der Waals surface area contributed by atoms with E-state index in [0.717, 1.165) is 27.5 Å². The van der Waals surface area contributed by atoms with Gasteiger partial charge in [0.05, 0.1) is 17.2 Å². The number of nitrogens with one attached hydrogen (secondary N) is 1. The molecule has 0 saturated carbocycles. The van der Waals surface area contributed by atoms with Gasteiger partial charge in [-0.25, -0.2) is 15.1 Å². The number of aryl methyl sites for hydroxylation is 1. The van der Waals surface area contributed by atoms with Crippen LogP contribution >= 0.6 is 11.6 Å². The predicted octanol–water partition coefficient (Wildman–Crippen LogP) is 3.09. The maximum Gasteiger partial charge on any atom is 0.261 e. The van der Waals surface area contributed by atoms with E-state index in [2.05, 4.69) is 25.8 Å². The SMILES string of the molecule is Cc1ccc2cc(/C=N\NC(=O)Cn3nnc4ccccc43)c(Cl)nc2c1. The summed E-state index contributed by atoms with van der Waals surface area (Å²) in [5, 5.41) is 13.2. The zero-order valence-electron chi connectivity index (χ0n) is 14.4. The van der Waals surface area contributed by atoms with Crippen LogP contribution in [0.3, 0.4) is 0 Å². The molecule has 0 unspecified atom stereocenters. The molecule has 0 bridgehead atoms. The fourth-order valence-corrected chi connectivity index (χ4v) is 2.93. The Morgan fingerprint density at radius 3 is 2.96 bits per heavy atom. The van der Waals surface area contributed by atoms with Crippen molar-refractivity contribution in [3.63, 3.8) is 0 Å². The molecule has 0 aliphatic carbocycles. The van der Waals surface area contributed by atoms with E-state index < -0.39 is 0 Å². The van der Waals surface area contributed by atoms with Crippen LogP contribution in [0.2, 0.25) is 5.15 Å². The lowest BCUT2D eigenvalue weighted by atomic mass is 10.1. The average molecular weight is 379 g/mol. The molecule has 0 radical (unpaired) electrons. The van der Waals surface area contributed by atoms with Crippen LogP contribution in [-0.4, -0.2) is 32.1 Å². The van der Waals surface area contributed by atoms with Gasteiger partial charge >= 0.3 is 0 Å². The molecule has 0 saturated heterocycles. The number of para-hydroxylation sites is 1. The van der Waals surface area contributed by atoms with Gasteiger partial charge < -0.3 is 0 Å². The van der Waals surface area contributed by atoms with Gasteiger partial charge in [0.25, 0.3) is 5.91 Å². The molecule has 134 valence electrons. The standard InChI is InChI=1S/C19H15ClN6O/c1-12-6-7-13-9-14(19(20)22-16(13)8-12)10-21-24-18(27)11-26-17-5-3-2-4-15(17)23-25-26/h2-10H,11H2,1H3,(H,24,27)/b21-10-. The first-order valence-corrected chi connectivity index (χ1v) is 8.65. The molecule has 2 heterocycles. The normalized spacial score (nSPS) is 11.5. The Morgan fingerprint density at radius 1 is 1.22 bits per heavy atom. The molecule has 1 amide bonds. The number of rotatable bonds is 4. The van der Waals surface area contributed by atoms with Gasteiger partial charge in [0.2, 0.25) is 0 Å². The Balaban J connectivity index is 1.47. The number of aromatic nitrogens is 4. The lowest BCUT2D eigenvalue weighted by Crippen LogP contribution is -2.23. The summed E-state index contributed by atoms with van der Waals surface area (Å²) in [6.07, 6.45) is 1.48. The molecule has 0 spiro atoms. The first-order valence-electron chi connectivity index (χ1n) is 8.27. The molecule has 0 atom stereocenters. The molecule has 8 heteroatoms. The largest absolute Gasteiger partial charge is 0.271 e. The zero-order valence-corrected chi connectivity index (χ0v) is 15.2. The molecular formula is C19H15ClN6O. The maximum atomic E-state index is 12.1. The number of fused-ring (bicyclic) bond motifs is 2. The van der Waals surface area contributed by atoms with Crippen LogP contribution in [0, 0.1) is 6.92 Å². The fraction of sp³-hybridized carbons (Fsp3) is 0.105. The minimum atomic E-state index is -0.317. The van der Waals surface area contributed by atoms with Crippen molar-refractivity contribution >= 4 is 45.7 Å². The van der Waals surface area contributed by atoms with Crippen molar-refractivity contribution in [1.82, 2.24) is 25.4 Å². The summed E-state index contributed by atoms with van der Waals surface area (Å²) in [6.45, 7) is 2.01. The lowest BCUT2D eigenvalue weighted by molar-refractivity contribution is -0.121. The number of amides is 1. The molecule has 7 nitrogen and oxygen atoms in total. The molecule has 0 fully saturated rings. The van der Waals surface area contributed by atoms with E-state index in [-0.39, 0.29) is 12.5 Å². The Morgan fingerprint density at radius 2 is 2.07 bits per heavy atom. The topological polar surface area (TPSA) is 85.1 Å².